The first-order valence-electron chi connectivity index (χ1n) is 7.34. The highest BCUT2D eigenvalue weighted by Gasteiger charge is 2.15. The van der Waals surface area contributed by atoms with Crippen molar-refractivity contribution in [3.63, 3.8) is 0 Å². The molecule has 0 atom stereocenters. The fourth-order valence-electron chi connectivity index (χ4n) is 2.11. The van der Waals surface area contributed by atoms with Crippen molar-refractivity contribution >= 4 is 11.6 Å². The molecule has 1 amide bonds. The molecule has 5 nitrogen and oxygen atoms in total. The van der Waals surface area contributed by atoms with E-state index in [2.05, 4.69) is 5.32 Å². The van der Waals surface area contributed by atoms with Crippen molar-refractivity contribution in [2.24, 2.45) is 0 Å². The molecule has 0 spiro atoms. The van der Waals surface area contributed by atoms with Gasteiger partial charge in [-0.2, -0.15) is 0 Å². The standard InChI is InChI=1S/C18H21NO4/c1-12(2)23-16-8-6-5-7-14(16)18(20)19-15-11-13(21-3)9-10-17(15)22-4/h5-12H,1-4H3,(H,19,20). The third kappa shape index (κ3) is 4.16. The molecule has 0 aliphatic rings. The number of carbonyl (C=O) groups is 1. The van der Waals surface area contributed by atoms with Crippen molar-refractivity contribution in [2.45, 2.75) is 20.0 Å². The maximum absolute atomic E-state index is 12.6. The lowest BCUT2D eigenvalue weighted by Gasteiger charge is -2.15. The summed E-state index contributed by atoms with van der Waals surface area (Å²) in [6, 6.07) is 12.3. The maximum atomic E-state index is 12.6. The molecule has 2 aromatic carbocycles. The van der Waals surface area contributed by atoms with Crippen molar-refractivity contribution < 1.29 is 19.0 Å². The topological polar surface area (TPSA) is 56.8 Å². The molecule has 0 heterocycles. The predicted molar refractivity (Wildman–Crippen MR) is 89.7 cm³/mol. The lowest BCUT2D eigenvalue weighted by molar-refractivity contribution is 0.102. The molecule has 0 unspecified atom stereocenters. The molecule has 2 aromatic rings. The number of benzene rings is 2. The minimum atomic E-state index is -0.271. The molecule has 0 saturated heterocycles. The molecule has 0 aromatic heterocycles. The van der Waals surface area contributed by atoms with Gasteiger partial charge in [-0.25, -0.2) is 0 Å². The van der Waals surface area contributed by atoms with Crippen LogP contribution in [-0.4, -0.2) is 26.2 Å². The van der Waals surface area contributed by atoms with E-state index in [9.17, 15) is 4.79 Å². The Morgan fingerprint density at radius 2 is 1.74 bits per heavy atom. The van der Waals surface area contributed by atoms with Gasteiger partial charge in [0.2, 0.25) is 0 Å². The molecule has 5 heteroatoms. The molecular weight excluding hydrogens is 294 g/mol. The number of ether oxygens (including phenoxy) is 3. The van der Waals surface area contributed by atoms with Gasteiger partial charge in [0.25, 0.3) is 5.91 Å². The minimum Gasteiger partial charge on any atom is -0.497 e. The van der Waals surface area contributed by atoms with Gasteiger partial charge in [0, 0.05) is 6.07 Å². The molecule has 122 valence electrons. The van der Waals surface area contributed by atoms with E-state index in [4.69, 9.17) is 14.2 Å². The predicted octanol–water partition coefficient (Wildman–Crippen LogP) is 3.74. The van der Waals surface area contributed by atoms with E-state index in [0.29, 0.717) is 28.5 Å². The Balaban J connectivity index is 2.29. The highest BCUT2D eigenvalue weighted by molar-refractivity contribution is 6.07. The Morgan fingerprint density at radius 1 is 1.00 bits per heavy atom. The SMILES string of the molecule is COc1ccc(OC)c(NC(=O)c2ccccc2OC(C)C)c1. The fourth-order valence-corrected chi connectivity index (χ4v) is 2.11. The molecule has 1 N–H and O–H groups in total. The lowest BCUT2D eigenvalue weighted by Crippen LogP contribution is -2.16. The Morgan fingerprint density at radius 3 is 2.39 bits per heavy atom. The highest BCUT2D eigenvalue weighted by Crippen LogP contribution is 2.30. The van der Waals surface area contributed by atoms with Crippen molar-refractivity contribution in [3.8, 4) is 17.2 Å². The van der Waals surface area contributed by atoms with Crippen LogP contribution < -0.4 is 19.5 Å². The van der Waals surface area contributed by atoms with Gasteiger partial charge in [-0.05, 0) is 38.1 Å². The van der Waals surface area contributed by atoms with Crippen LogP contribution in [0.4, 0.5) is 5.69 Å². The second-order valence-corrected chi connectivity index (χ2v) is 5.18. The molecule has 0 aliphatic carbocycles. The van der Waals surface area contributed by atoms with Gasteiger partial charge in [-0.15, -0.1) is 0 Å². The second-order valence-electron chi connectivity index (χ2n) is 5.18. The number of amides is 1. The van der Waals surface area contributed by atoms with Crippen LogP contribution in [0.1, 0.15) is 24.2 Å². The number of hydrogen-bond acceptors (Lipinski definition) is 4. The number of nitrogens with one attached hydrogen (secondary N) is 1. The van der Waals surface area contributed by atoms with E-state index in [1.54, 1.807) is 50.6 Å². The number of methoxy groups -OCH3 is 2. The molecule has 2 rings (SSSR count). The zero-order valence-corrected chi connectivity index (χ0v) is 13.8. The summed E-state index contributed by atoms with van der Waals surface area (Å²) in [6.45, 7) is 3.83. The van der Waals surface area contributed by atoms with Crippen LogP contribution in [0, 0.1) is 0 Å². The molecule has 0 saturated carbocycles. The van der Waals surface area contributed by atoms with Gasteiger partial charge in [-0.3, -0.25) is 4.79 Å². The van der Waals surface area contributed by atoms with Gasteiger partial charge in [-0.1, -0.05) is 12.1 Å². The van der Waals surface area contributed by atoms with Crippen LogP contribution in [0.3, 0.4) is 0 Å². The first-order valence-corrected chi connectivity index (χ1v) is 7.34. The van der Waals surface area contributed by atoms with E-state index in [-0.39, 0.29) is 12.0 Å². The van der Waals surface area contributed by atoms with E-state index in [0.717, 1.165) is 0 Å². The summed E-state index contributed by atoms with van der Waals surface area (Å²) in [5.74, 6) is 1.46. The zero-order valence-electron chi connectivity index (χ0n) is 13.8. The van der Waals surface area contributed by atoms with Crippen molar-refractivity contribution in [1.82, 2.24) is 0 Å². The van der Waals surface area contributed by atoms with Crippen LogP contribution in [-0.2, 0) is 0 Å². The van der Waals surface area contributed by atoms with Gasteiger partial charge < -0.3 is 19.5 Å². The first kappa shape index (κ1) is 16.7. The van der Waals surface area contributed by atoms with E-state index >= 15 is 0 Å². The monoisotopic (exact) mass is 315 g/mol. The Labute approximate surface area is 136 Å². The first-order chi connectivity index (χ1) is 11.0. The van der Waals surface area contributed by atoms with Crippen molar-refractivity contribution in [3.05, 3.63) is 48.0 Å². The van der Waals surface area contributed by atoms with Crippen molar-refractivity contribution in [1.29, 1.82) is 0 Å². The van der Waals surface area contributed by atoms with Crippen LogP contribution in [0.2, 0.25) is 0 Å². The summed E-state index contributed by atoms with van der Waals surface area (Å²) < 4.78 is 16.2. The number of rotatable bonds is 6. The fraction of sp³-hybridized carbons (Fsp3) is 0.278. The normalized spacial score (nSPS) is 10.3. The van der Waals surface area contributed by atoms with E-state index < -0.39 is 0 Å². The second kappa shape index (κ2) is 7.54. The van der Waals surface area contributed by atoms with Gasteiger partial charge in [0.05, 0.1) is 31.6 Å². The maximum Gasteiger partial charge on any atom is 0.259 e. The van der Waals surface area contributed by atoms with Gasteiger partial charge in [0.1, 0.15) is 17.2 Å². The minimum absolute atomic E-state index is 0.0182. The van der Waals surface area contributed by atoms with Gasteiger partial charge in [0.15, 0.2) is 0 Å². The zero-order chi connectivity index (χ0) is 16.8. The molecule has 0 aliphatic heterocycles. The summed E-state index contributed by atoms with van der Waals surface area (Å²) in [4.78, 5) is 12.6. The number of anilines is 1. The summed E-state index contributed by atoms with van der Waals surface area (Å²) in [5, 5.41) is 2.84. The largest absolute Gasteiger partial charge is 0.497 e. The molecule has 0 radical (unpaired) electrons. The summed E-state index contributed by atoms with van der Waals surface area (Å²) in [5.41, 5.74) is 1.00. The number of hydrogen-bond donors (Lipinski definition) is 1. The summed E-state index contributed by atoms with van der Waals surface area (Å²) >= 11 is 0. The summed E-state index contributed by atoms with van der Waals surface area (Å²) in [7, 11) is 3.12. The van der Waals surface area contributed by atoms with E-state index in [1.807, 2.05) is 19.9 Å². The van der Waals surface area contributed by atoms with Crippen LogP contribution >= 0.6 is 0 Å². The quantitative estimate of drug-likeness (QED) is 0.882. The number of carbonyl (C=O) groups excluding carboxylic acids is 1. The smallest absolute Gasteiger partial charge is 0.259 e. The third-order valence-corrected chi connectivity index (χ3v) is 3.15. The van der Waals surface area contributed by atoms with Crippen molar-refractivity contribution in [2.75, 3.05) is 19.5 Å². The molecule has 23 heavy (non-hydrogen) atoms. The Bertz CT molecular complexity index is 682. The van der Waals surface area contributed by atoms with Crippen LogP contribution in [0.5, 0.6) is 17.2 Å². The number of para-hydroxylation sites is 1. The van der Waals surface area contributed by atoms with E-state index in [1.165, 1.54) is 0 Å². The lowest BCUT2D eigenvalue weighted by atomic mass is 10.1. The average Bonchev–Trinajstić information content (AvgIpc) is 2.54. The molecule has 0 bridgehead atoms. The molecular formula is C18H21NO4. The van der Waals surface area contributed by atoms with Crippen LogP contribution in [0.15, 0.2) is 42.5 Å². The van der Waals surface area contributed by atoms with Crippen LogP contribution in [0.25, 0.3) is 0 Å². The third-order valence-electron chi connectivity index (χ3n) is 3.15. The summed E-state index contributed by atoms with van der Waals surface area (Å²) in [6.07, 6.45) is -0.0182. The average molecular weight is 315 g/mol. The molecule has 0 fully saturated rings. The van der Waals surface area contributed by atoms with Gasteiger partial charge >= 0.3 is 0 Å². The highest BCUT2D eigenvalue weighted by atomic mass is 16.5. The Kier molecular flexibility index (Phi) is 5.46. The Hall–Kier alpha value is -2.69.